The van der Waals surface area contributed by atoms with E-state index in [2.05, 4.69) is 21.7 Å². The summed E-state index contributed by atoms with van der Waals surface area (Å²) in [6.45, 7) is 1.73. The van der Waals surface area contributed by atoms with Gasteiger partial charge in [-0.2, -0.15) is 5.26 Å². The largest absolute Gasteiger partial charge is 0.494 e. The molecule has 146 valence electrons. The van der Waals surface area contributed by atoms with Crippen molar-refractivity contribution in [3.05, 3.63) is 65.1 Å². The zero-order valence-corrected chi connectivity index (χ0v) is 16.3. The molecule has 0 unspecified atom stereocenters. The first kappa shape index (κ1) is 20.1. The SMILES string of the molecule is CC=CC(=O)Nc1cc2c(Nc3ccc(F)c(Cl)c3)c(C#N)cnc2cc1OC. The van der Waals surface area contributed by atoms with Crippen molar-refractivity contribution in [1.29, 1.82) is 5.26 Å². The van der Waals surface area contributed by atoms with E-state index in [1.54, 1.807) is 25.1 Å². The van der Waals surface area contributed by atoms with Crippen LogP contribution in [0.5, 0.6) is 5.75 Å². The molecule has 29 heavy (non-hydrogen) atoms. The molecule has 2 N–H and O–H groups in total. The number of fused-ring (bicyclic) bond motifs is 1. The Bertz CT molecular complexity index is 1170. The van der Waals surface area contributed by atoms with Crippen LogP contribution in [0.25, 0.3) is 10.9 Å². The molecule has 0 fully saturated rings. The van der Waals surface area contributed by atoms with E-state index in [-0.39, 0.29) is 16.5 Å². The zero-order valence-electron chi connectivity index (χ0n) is 15.6. The fourth-order valence-corrected chi connectivity index (χ4v) is 2.93. The molecule has 3 rings (SSSR count). The molecule has 8 heteroatoms. The molecule has 0 aliphatic carbocycles. The smallest absolute Gasteiger partial charge is 0.248 e. The Morgan fingerprint density at radius 1 is 1.34 bits per heavy atom. The number of anilines is 3. The van der Waals surface area contributed by atoms with Gasteiger partial charge in [0.1, 0.15) is 17.6 Å². The lowest BCUT2D eigenvalue weighted by Crippen LogP contribution is -2.09. The number of aromatic nitrogens is 1. The van der Waals surface area contributed by atoms with E-state index >= 15 is 0 Å². The van der Waals surface area contributed by atoms with Crippen LogP contribution in [0.2, 0.25) is 5.02 Å². The van der Waals surface area contributed by atoms with Gasteiger partial charge >= 0.3 is 0 Å². The number of hydrogen-bond acceptors (Lipinski definition) is 5. The van der Waals surface area contributed by atoms with E-state index in [0.29, 0.717) is 33.7 Å². The summed E-state index contributed by atoms with van der Waals surface area (Å²) in [6, 6.07) is 9.56. The predicted molar refractivity (Wildman–Crippen MR) is 111 cm³/mol. The molecule has 0 aliphatic rings. The summed E-state index contributed by atoms with van der Waals surface area (Å²) in [7, 11) is 1.48. The summed E-state index contributed by atoms with van der Waals surface area (Å²) in [5.41, 5.74) is 2.18. The molecule has 2 aromatic carbocycles. The minimum absolute atomic E-state index is 0.0483. The van der Waals surface area contributed by atoms with Crippen molar-refractivity contribution in [2.75, 3.05) is 17.7 Å². The number of ether oxygens (including phenoxy) is 1. The van der Waals surface area contributed by atoms with Crippen LogP contribution in [-0.2, 0) is 4.79 Å². The summed E-state index contributed by atoms with van der Waals surface area (Å²) in [6.07, 6.45) is 4.42. The predicted octanol–water partition coefficient (Wildman–Crippen LogP) is 5.17. The van der Waals surface area contributed by atoms with Crippen LogP contribution in [0.15, 0.2) is 48.7 Å². The van der Waals surface area contributed by atoms with E-state index in [9.17, 15) is 14.4 Å². The van der Waals surface area contributed by atoms with Gasteiger partial charge in [-0.05, 0) is 37.3 Å². The van der Waals surface area contributed by atoms with Gasteiger partial charge in [-0.1, -0.05) is 17.7 Å². The Morgan fingerprint density at radius 2 is 2.14 bits per heavy atom. The minimum atomic E-state index is -0.545. The molecular weight excluding hydrogens is 395 g/mol. The molecule has 1 aromatic heterocycles. The summed E-state index contributed by atoms with van der Waals surface area (Å²) >= 11 is 5.86. The Balaban J connectivity index is 2.17. The fourth-order valence-electron chi connectivity index (χ4n) is 2.75. The van der Waals surface area contributed by atoms with Gasteiger partial charge in [0.25, 0.3) is 0 Å². The van der Waals surface area contributed by atoms with Crippen molar-refractivity contribution in [3.8, 4) is 11.8 Å². The highest BCUT2D eigenvalue weighted by molar-refractivity contribution is 6.31. The molecule has 1 amide bonds. The number of allylic oxidation sites excluding steroid dienone is 1. The quantitative estimate of drug-likeness (QED) is 0.567. The van der Waals surface area contributed by atoms with Crippen LogP contribution >= 0.6 is 11.6 Å². The second-order valence-corrected chi connectivity index (χ2v) is 6.38. The highest BCUT2D eigenvalue weighted by Crippen LogP contribution is 2.36. The lowest BCUT2D eigenvalue weighted by atomic mass is 10.1. The average Bonchev–Trinajstić information content (AvgIpc) is 2.70. The first-order valence-electron chi connectivity index (χ1n) is 8.53. The number of nitrogens with one attached hydrogen (secondary N) is 2. The Morgan fingerprint density at radius 3 is 2.79 bits per heavy atom. The number of carbonyl (C=O) groups is 1. The van der Waals surface area contributed by atoms with Gasteiger partial charge in [0.2, 0.25) is 5.91 Å². The molecule has 0 saturated carbocycles. The van der Waals surface area contributed by atoms with Gasteiger partial charge in [-0.15, -0.1) is 0 Å². The Kier molecular flexibility index (Phi) is 5.96. The number of rotatable bonds is 5. The molecule has 1 heterocycles. The van der Waals surface area contributed by atoms with Gasteiger partial charge in [0.15, 0.2) is 0 Å². The van der Waals surface area contributed by atoms with Crippen molar-refractivity contribution in [2.24, 2.45) is 0 Å². The summed E-state index contributed by atoms with van der Waals surface area (Å²) in [4.78, 5) is 16.3. The van der Waals surface area contributed by atoms with Gasteiger partial charge in [0, 0.05) is 23.3 Å². The first-order chi connectivity index (χ1) is 14.0. The van der Waals surface area contributed by atoms with Crippen molar-refractivity contribution < 1.29 is 13.9 Å². The van der Waals surface area contributed by atoms with Crippen LogP contribution in [-0.4, -0.2) is 18.0 Å². The summed E-state index contributed by atoms with van der Waals surface area (Å²) in [5, 5.41) is 15.9. The standard InChI is InChI=1S/C21H16ClFN4O2/c1-3-4-20(28)27-18-8-14-17(9-19(18)29-2)25-11-12(10-24)21(14)26-13-5-6-16(23)15(22)7-13/h3-9,11H,1-2H3,(H,25,26)(H,27,28). The number of nitrogens with zero attached hydrogens (tertiary/aromatic N) is 2. The molecule has 0 saturated heterocycles. The number of pyridine rings is 1. The molecule has 0 atom stereocenters. The number of benzene rings is 2. The Hall–Kier alpha value is -3.63. The monoisotopic (exact) mass is 410 g/mol. The third kappa shape index (κ3) is 4.28. The molecule has 0 aliphatic heterocycles. The number of halogens is 2. The van der Waals surface area contributed by atoms with Crippen LogP contribution < -0.4 is 15.4 Å². The van der Waals surface area contributed by atoms with Crippen LogP contribution in [0.3, 0.4) is 0 Å². The maximum Gasteiger partial charge on any atom is 0.248 e. The second-order valence-electron chi connectivity index (χ2n) is 5.97. The van der Waals surface area contributed by atoms with Crippen LogP contribution in [0.4, 0.5) is 21.5 Å². The van der Waals surface area contributed by atoms with E-state index in [1.807, 2.05) is 0 Å². The molecule has 0 spiro atoms. The lowest BCUT2D eigenvalue weighted by molar-refractivity contribution is -0.111. The van der Waals surface area contributed by atoms with Gasteiger partial charge < -0.3 is 15.4 Å². The number of methoxy groups -OCH3 is 1. The summed E-state index contributed by atoms with van der Waals surface area (Å²) in [5.74, 6) is -0.450. The average molecular weight is 411 g/mol. The first-order valence-corrected chi connectivity index (χ1v) is 8.91. The van der Waals surface area contributed by atoms with E-state index in [0.717, 1.165) is 0 Å². The molecule has 0 radical (unpaired) electrons. The van der Waals surface area contributed by atoms with Gasteiger partial charge in [-0.25, -0.2) is 4.39 Å². The fraction of sp³-hybridized carbons (Fsp3) is 0.0952. The van der Waals surface area contributed by atoms with Crippen molar-refractivity contribution >= 4 is 45.5 Å². The Labute approximate surface area is 171 Å². The zero-order chi connectivity index (χ0) is 21.0. The van der Waals surface area contributed by atoms with Crippen molar-refractivity contribution in [3.63, 3.8) is 0 Å². The normalized spacial score (nSPS) is 10.7. The lowest BCUT2D eigenvalue weighted by Gasteiger charge is -2.15. The molecular formula is C21H16ClFN4O2. The van der Waals surface area contributed by atoms with Crippen LogP contribution in [0.1, 0.15) is 12.5 Å². The third-order valence-corrected chi connectivity index (χ3v) is 4.36. The van der Waals surface area contributed by atoms with Crippen molar-refractivity contribution in [1.82, 2.24) is 4.98 Å². The number of hydrogen-bond donors (Lipinski definition) is 2. The number of nitriles is 1. The maximum atomic E-state index is 13.5. The van der Waals surface area contributed by atoms with E-state index < -0.39 is 5.82 Å². The summed E-state index contributed by atoms with van der Waals surface area (Å²) < 4.78 is 18.8. The number of amides is 1. The van der Waals surface area contributed by atoms with Gasteiger partial charge in [-0.3, -0.25) is 9.78 Å². The molecule has 6 nitrogen and oxygen atoms in total. The topological polar surface area (TPSA) is 87.0 Å². The van der Waals surface area contributed by atoms with E-state index in [4.69, 9.17) is 16.3 Å². The van der Waals surface area contributed by atoms with E-state index in [1.165, 1.54) is 37.6 Å². The van der Waals surface area contributed by atoms with Gasteiger partial charge in [0.05, 0.1) is 34.6 Å². The molecule has 0 bridgehead atoms. The third-order valence-electron chi connectivity index (χ3n) is 4.07. The number of carbonyl (C=O) groups excluding carboxylic acids is 1. The highest BCUT2D eigenvalue weighted by Gasteiger charge is 2.15. The second kappa shape index (κ2) is 8.59. The molecule has 3 aromatic rings. The van der Waals surface area contributed by atoms with Crippen LogP contribution in [0, 0.1) is 17.1 Å². The highest BCUT2D eigenvalue weighted by atomic mass is 35.5. The van der Waals surface area contributed by atoms with Crippen molar-refractivity contribution in [2.45, 2.75) is 6.92 Å². The maximum absolute atomic E-state index is 13.5. The minimum Gasteiger partial charge on any atom is -0.494 e.